The van der Waals surface area contributed by atoms with E-state index >= 15 is 0 Å². The van der Waals surface area contributed by atoms with Crippen molar-refractivity contribution in [3.63, 3.8) is 0 Å². The molecule has 1 heterocycles. The second-order valence-electron chi connectivity index (χ2n) is 5.17. The number of fused-ring (bicyclic) bond motifs is 1. The highest BCUT2D eigenvalue weighted by molar-refractivity contribution is 5.87. The third kappa shape index (κ3) is 3.16. The largest absolute Gasteiger partial charge is 0.358 e. The minimum absolute atomic E-state index is 0.155. The molecule has 0 spiro atoms. The van der Waals surface area contributed by atoms with Crippen LogP contribution in [-0.4, -0.2) is 11.3 Å². The minimum atomic E-state index is -0.155. The van der Waals surface area contributed by atoms with E-state index in [0.717, 1.165) is 30.5 Å². The number of carbonyl (C=O) groups excluding carboxylic acids is 1. The van der Waals surface area contributed by atoms with Crippen LogP contribution in [0.15, 0.2) is 29.1 Å². The number of aryl methyl sites for hydroxylation is 1. The molecule has 0 fully saturated rings. The summed E-state index contributed by atoms with van der Waals surface area (Å²) in [5.41, 5.74) is 1.73. The van der Waals surface area contributed by atoms with Gasteiger partial charge in [0.1, 0.15) is 0 Å². The lowest BCUT2D eigenvalue weighted by atomic mass is 10.0. The van der Waals surface area contributed by atoms with Gasteiger partial charge in [-0.15, -0.1) is 0 Å². The van der Waals surface area contributed by atoms with Crippen LogP contribution in [0.4, 0.5) is 0 Å². The number of aldehydes is 1. The molecule has 0 atom stereocenters. The third-order valence-corrected chi connectivity index (χ3v) is 3.68. The van der Waals surface area contributed by atoms with Crippen LogP contribution in [0.2, 0.25) is 0 Å². The van der Waals surface area contributed by atoms with Crippen molar-refractivity contribution in [2.45, 2.75) is 45.4 Å². The van der Waals surface area contributed by atoms with Gasteiger partial charge in [-0.2, -0.15) is 0 Å². The van der Waals surface area contributed by atoms with Gasteiger partial charge in [0.15, 0.2) is 11.7 Å². The van der Waals surface area contributed by atoms with Crippen molar-refractivity contribution in [3.8, 4) is 0 Å². The zero-order valence-corrected chi connectivity index (χ0v) is 11.9. The molecule has 0 amide bonds. The van der Waals surface area contributed by atoms with Gasteiger partial charge in [-0.3, -0.25) is 9.59 Å². The maximum absolute atomic E-state index is 12.3. The Kier molecular flexibility index (Phi) is 5.10. The maximum Gasteiger partial charge on any atom is 0.200 e. The molecule has 0 bridgehead atoms. The van der Waals surface area contributed by atoms with Crippen LogP contribution < -0.4 is 5.43 Å². The van der Waals surface area contributed by atoms with Gasteiger partial charge in [0.2, 0.25) is 0 Å². The Morgan fingerprint density at radius 1 is 1.10 bits per heavy atom. The molecule has 2 aromatic rings. The van der Waals surface area contributed by atoms with Crippen molar-refractivity contribution in [1.29, 1.82) is 0 Å². The second-order valence-corrected chi connectivity index (χ2v) is 5.17. The normalized spacial score (nSPS) is 10.8. The van der Waals surface area contributed by atoms with E-state index in [1.54, 1.807) is 6.07 Å². The molecule has 0 unspecified atom stereocenters. The van der Waals surface area contributed by atoms with Gasteiger partial charge < -0.3 is 4.98 Å². The molecule has 0 aliphatic carbocycles. The fourth-order valence-electron chi connectivity index (χ4n) is 2.53. The Labute approximate surface area is 119 Å². The molecule has 3 heteroatoms. The first-order chi connectivity index (χ1) is 9.77. The van der Waals surface area contributed by atoms with Gasteiger partial charge in [-0.1, -0.05) is 44.7 Å². The average molecular weight is 271 g/mol. The molecule has 1 N–H and O–H groups in total. The maximum atomic E-state index is 12.3. The SMILES string of the molecule is CCCCCCCc1[nH]c2ccccc2c(=O)c1C=O. The number of hydrogen-bond donors (Lipinski definition) is 1. The van der Waals surface area contributed by atoms with Crippen LogP contribution in [0.1, 0.15) is 55.1 Å². The first kappa shape index (κ1) is 14.5. The van der Waals surface area contributed by atoms with Gasteiger partial charge in [0.05, 0.1) is 5.56 Å². The van der Waals surface area contributed by atoms with Crippen LogP contribution in [0, 0.1) is 0 Å². The number of rotatable bonds is 7. The highest BCUT2D eigenvalue weighted by Crippen LogP contribution is 2.13. The smallest absolute Gasteiger partial charge is 0.200 e. The number of unbranched alkanes of at least 4 members (excludes halogenated alkanes) is 4. The van der Waals surface area contributed by atoms with Gasteiger partial charge in [0.25, 0.3) is 0 Å². The first-order valence-electron chi connectivity index (χ1n) is 7.37. The lowest BCUT2D eigenvalue weighted by Gasteiger charge is -2.07. The van der Waals surface area contributed by atoms with Crippen molar-refractivity contribution in [1.82, 2.24) is 4.98 Å². The number of aromatic nitrogens is 1. The summed E-state index contributed by atoms with van der Waals surface area (Å²) < 4.78 is 0. The van der Waals surface area contributed by atoms with Gasteiger partial charge >= 0.3 is 0 Å². The molecular formula is C17H21NO2. The van der Waals surface area contributed by atoms with Crippen molar-refractivity contribution >= 4 is 17.2 Å². The Balaban J connectivity index is 2.23. The predicted molar refractivity (Wildman–Crippen MR) is 82.4 cm³/mol. The zero-order valence-electron chi connectivity index (χ0n) is 11.9. The van der Waals surface area contributed by atoms with Crippen LogP contribution in [-0.2, 0) is 6.42 Å². The van der Waals surface area contributed by atoms with Crippen molar-refractivity contribution in [2.24, 2.45) is 0 Å². The zero-order chi connectivity index (χ0) is 14.4. The van der Waals surface area contributed by atoms with Crippen LogP contribution in [0.25, 0.3) is 10.9 Å². The van der Waals surface area contributed by atoms with E-state index in [1.165, 1.54) is 19.3 Å². The lowest BCUT2D eigenvalue weighted by molar-refractivity contribution is 0.112. The van der Waals surface area contributed by atoms with Crippen LogP contribution in [0.5, 0.6) is 0 Å². The van der Waals surface area contributed by atoms with E-state index in [1.807, 2.05) is 18.2 Å². The van der Waals surface area contributed by atoms with Gasteiger partial charge in [-0.25, -0.2) is 0 Å². The third-order valence-electron chi connectivity index (χ3n) is 3.68. The number of pyridine rings is 1. The number of nitrogens with one attached hydrogen (secondary N) is 1. The Hall–Kier alpha value is -1.90. The second kappa shape index (κ2) is 7.04. The number of H-pyrrole nitrogens is 1. The molecule has 3 nitrogen and oxygen atoms in total. The molecular weight excluding hydrogens is 250 g/mol. The lowest BCUT2D eigenvalue weighted by Crippen LogP contribution is -2.14. The number of aromatic amines is 1. The number of benzene rings is 1. The topological polar surface area (TPSA) is 49.9 Å². The molecule has 0 aliphatic rings. The van der Waals surface area contributed by atoms with E-state index in [0.29, 0.717) is 17.2 Å². The summed E-state index contributed by atoms with van der Waals surface area (Å²) in [4.78, 5) is 26.7. The van der Waals surface area contributed by atoms with Crippen molar-refractivity contribution in [3.05, 3.63) is 45.7 Å². The fraction of sp³-hybridized carbons (Fsp3) is 0.412. The van der Waals surface area contributed by atoms with Crippen molar-refractivity contribution in [2.75, 3.05) is 0 Å². The first-order valence-corrected chi connectivity index (χ1v) is 7.37. The molecule has 106 valence electrons. The Bertz CT molecular complexity index is 643. The van der Waals surface area contributed by atoms with E-state index in [4.69, 9.17) is 0 Å². The highest BCUT2D eigenvalue weighted by atomic mass is 16.1. The van der Waals surface area contributed by atoms with E-state index in [9.17, 15) is 9.59 Å². The summed E-state index contributed by atoms with van der Waals surface area (Å²) in [7, 11) is 0. The van der Waals surface area contributed by atoms with Gasteiger partial charge in [0, 0.05) is 16.6 Å². The quantitative estimate of drug-likeness (QED) is 0.614. The molecule has 1 aromatic heterocycles. The van der Waals surface area contributed by atoms with Gasteiger partial charge in [-0.05, 0) is 25.0 Å². The average Bonchev–Trinajstić information content (AvgIpc) is 2.47. The van der Waals surface area contributed by atoms with Crippen LogP contribution in [0.3, 0.4) is 0 Å². The summed E-state index contributed by atoms with van der Waals surface area (Å²) in [6, 6.07) is 7.35. The minimum Gasteiger partial charge on any atom is -0.358 e. The standard InChI is InChI=1S/C17H21NO2/c1-2-3-4-5-6-10-16-14(12-19)17(20)13-9-7-8-11-15(13)18-16/h7-9,11-12H,2-6,10H2,1H3,(H,18,20). The Morgan fingerprint density at radius 2 is 1.85 bits per heavy atom. The van der Waals surface area contributed by atoms with E-state index in [-0.39, 0.29) is 5.43 Å². The monoisotopic (exact) mass is 271 g/mol. The summed E-state index contributed by atoms with van der Waals surface area (Å²) in [5, 5.41) is 0.587. The summed E-state index contributed by atoms with van der Waals surface area (Å²) in [6.07, 6.45) is 7.27. The van der Waals surface area contributed by atoms with Crippen LogP contribution >= 0.6 is 0 Å². The van der Waals surface area contributed by atoms with E-state index < -0.39 is 0 Å². The molecule has 2 rings (SSSR count). The molecule has 0 radical (unpaired) electrons. The summed E-state index contributed by atoms with van der Waals surface area (Å²) >= 11 is 0. The molecule has 0 saturated carbocycles. The Morgan fingerprint density at radius 3 is 2.60 bits per heavy atom. The highest BCUT2D eigenvalue weighted by Gasteiger charge is 2.10. The van der Waals surface area contributed by atoms with Crippen molar-refractivity contribution < 1.29 is 4.79 Å². The number of para-hydroxylation sites is 1. The fourth-order valence-corrected chi connectivity index (χ4v) is 2.53. The molecule has 1 aromatic carbocycles. The molecule has 0 aliphatic heterocycles. The molecule has 0 saturated heterocycles. The predicted octanol–water partition coefficient (Wildman–Crippen LogP) is 3.85. The summed E-state index contributed by atoms with van der Waals surface area (Å²) in [5.74, 6) is 0. The summed E-state index contributed by atoms with van der Waals surface area (Å²) in [6.45, 7) is 2.19. The van der Waals surface area contributed by atoms with E-state index in [2.05, 4.69) is 11.9 Å². The molecule has 20 heavy (non-hydrogen) atoms. The number of carbonyl (C=O) groups is 1. The number of hydrogen-bond acceptors (Lipinski definition) is 2.